The lowest BCUT2D eigenvalue weighted by Crippen LogP contribution is -2.63. The van der Waals surface area contributed by atoms with E-state index < -0.39 is 0 Å². The summed E-state index contributed by atoms with van der Waals surface area (Å²) in [5.74, 6) is -0.0492. The summed E-state index contributed by atoms with van der Waals surface area (Å²) in [7, 11) is 0. The van der Waals surface area contributed by atoms with Gasteiger partial charge in [0.25, 0.3) is 0 Å². The number of piperazine rings is 1. The summed E-state index contributed by atoms with van der Waals surface area (Å²) in [6.45, 7) is 3.21. The fourth-order valence-electron chi connectivity index (χ4n) is 3.80. The monoisotopic (exact) mass is 355 g/mol. The van der Waals surface area contributed by atoms with Crippen molar-refractivity contribution in [1.82, 2.24) is 10.2 Å². The third-order valence-electron chi connectivity index (χ3n) is 5.03. The van der Waals surface area contributed by atoms with Gasteiger partial charge in [-0.1, -0.05) is 48.5 Å². The van der Waals surface area contributed by atoms with Crippen LogP contribution in [-0.2, 0) is 4.79 Å². The summed E-state index contributed by atoms with van der Waals surface area (Å²) in [5.41, 5.74) is 0.645. The Labute approximate surface area is 147 Å². The van der Waals surface area contributed by atoms with Crippen molar-refractivity contribution in [2.75, 3.05) is 31.5 Å². The van der Waals surface area contributed by atoms with Crippen molar-refractivity contribution >= 4 is 34.8 Å². The minimum Gasteiger partial charge on any atom is -0.322 e. The van der Waals surface area contributed by atoms with Crippen LogP contribution in [0.2, 0.25) is 10.0 Å². The lowest BCUT2D eigenvalue weighted by atomic mass is 9.79. The maximum Gasteiger partial charge on any atom is 0.238 e. The van der Waals surface area contributed by atoms with Gasteiger partial charge in [-0.3, -0.25) is 9.69 Å². The van der Waals surface area contributed by atoms with E-state index in [1.54, 1.807) is 18.2 Å². The number of nitrogens with zero attached hydrogens (tertiary/aromatic N) is 1. The molecule has 1 aliphatic carbocycles. The molecule has 2 aliphatic rings. The zero-order valence-corrected chi connectivity index (χ0v) is 14.7. The molecule has 2 N–H and O–H groups in total. The first kappa shape index (κ1) is 17.0. The Bertz CT molecular complexity index is 544. The number of benzene rings is 1. The van der Waals surface area contributed by atoms with Gasteiger partial charge in [-0.05, 0) is 25.0 Å². The molecule has 6 heteroatoms. The minimum absolute atomic E-state index is 0.0492. The fourth-order valence-corrected chi connectivity index (χ4v) is 4.30. The molecule has 1 spiro atoms. The molecule has 0 bridgehead atoms. The van der Waals surface area contributed by atoms with E-state index in [2.05, 4.69) is 15.5 Å². The summed E-state index contributed by atoms with van der Waals surface area (Å²) in [6, 6.07) is 5.24. The summed E-state index contributed by atoms with van der Waals surface area (Å²) in [4.78, 5) is 14.9. The van der Waals surface area contributed by atoms with E-state index in [4.69, 9.17) is 23.2 Å². The minimum atomic E-state index is -0.0492. The molecule has 23 heavy (non-hydrogen) atoms. The van der Waals surface area contributed by atoms with Crippen molar-refractivity contribution in [2.24, 2.45) is 0 Å². The molecule has 2 fully saturated rings. The van der Waals surface area contributed by atoms with E-state index in [0.29, 0.717) is 22.3 Å². The van der Waals surface area contributed by atoms with E-state index in [1.807, 2.05) is 0 Å². The van der Waals surface area contributed by atoms with Crippen LogP contribution >= 0.6 is 23.2 Å². The first-order valence-electron chi connectivity index (χ1n) is 8.30. The quantitative estimate of drug-likeness (QED) is 0.871. The molecule has 1 saturated heterocycles. The van der Waals surface area contributed by atoms with Crippen molar-refractivity contribution in [3.8, 4) is 0 Å². The van der Waals surface area contributed by atoms with Crippen LogP contribution in [0.25, 0.3) is 0 Å². The molecule has 1 amide bonds. The molecule has 1 aliphatic heterocycles. The molecule has 1 heterocycles. The predicted octanol–water partition coefficient (Wildman–Crippen LogP) is 3.54. The second-order valence-electron chi connectivity index (χ2n) is 6.53. The second kappa shape index (κ2) is 7.39. The standard InChI is InChI=1S/C17H23Cl2N3O/c18-13-5-4-6-14(19)16(13)21-15(23)11-22-10-9-20-12-17(22)7-2-1-3-8-17/h4-6,20H,1-3,7-12H2,(H,21,23). The van der Waals surface area contributed by atoms with Crippen LogP contribution in [0.3, 0.4) is 0 Å². The number of hydrogen-bond donors (Lipinski definition) is 2. The number of amides is 1. The number of halogens is 2. The lowest BCUT2D eigenvalue weighted by Gasteiger charge is -2.49. The van der Waals surface area contributed by atoms with E-state index in [1.165, 1.54) is 32.1 Å². The Morgan fingerprint density at radius 2 is 1.91 bits per heavy atom. The number of rotatable bonds is 3. The van der Waals surface area contributed by atoms with Gasteiger partial charge in [-0.2, -0.15) is 0 Å². The van der Waals surface area contributed by atoms with E-state index in [-0.39, 0.29) is 11.4 Å². The average molecular weight is 356 g/mol. The fraction of sp³-hybridized carbons (Fsp3) is 0.588. The maximum atomic E-state index is 12.5. The van der Waals surface area contributed by atoms with E-state index in [0.717, 1.165) is 19.6 Å². The zero-order chi connectivity index (χ0) is 16.3. The molecule has 4 nitrogen and oxygen atoms in total. The van der Waals surface area contributed by atoms with Crippen molar-refractivity contribution in [3.05, 3.63) is 28.2 Å². The summed E-state index contributed by atoms with van der Waals surface area (Å²) < 4.78 is 0. The molecule has 0 aromatic heterocycles. The third kappa shape index (κ3) is 3.82. The van der Waals surface area contributed by atoms with Gasteiger partial charge in [-0.15, -0.1) is 0 Å². The van der Waals surface area contributed by atoms with Crippen LogP contribution in [-0.4, -0.2) is 42.5 Å². The number of carbonyl (C=O) groups excluding carboxylic acids is 1. The number of carbonyl (C=O) groups is 1. The third-order valence-corrected chi connectivity index (χ3v) is 5.66. The Morgan fingerprint density at radius 1 is 1.22 bits per heavy atom. The van der Waals surface area contributed by atoms with Gasteiger partial charge in [0.05, 0.1) is 22.3 Å². The van der Waals surface area contributed by atoms with Gasteiger partial charge < -0.3 is 10.6 Å². The van der Waals surface area contributed by atoms with Crippen LogP contribution in [0.15, 0.2) is 18.2 Å². The largest absolute Gasteiger partial charge is 0.322 e. The van der Waals surface area contributed by atoms with Crippen molar-refractivity contribution in [1.29, 1.82) is 0 Å². The molecular formula is C17H23Cl2N3O. The van der Waals surface area contributed by atoms with Crippen molar-refractivity contribution in [2.45, 2.75) is 37.6 Å². The van der Waals surface area contributed by atoms with Gasteiger partial charge in [-0.25, -0.2) is 0 Å². The molecule has 0 radical (unpaired) electrons. The Morgan fingerprint density at radius 3 is 2.61 bits per heavy atom. The first-order chi connectivity index (χ1) is 11.1. The first-order valence-corrected chi connectivity index (χ1v) is 9.06. The number of anilines is 1. The van der Waals surface area contributed by atoms with Gasteiger partial charge in [0, 0.05) is 25.2 Å². The summed E-state index contributed by atoms with van der Waals surface area (Å²) >= 11 is 12.3. The smallest absolute Gasteiger partial charge is 0.238 e. The normalized spacial score (nSPS) is 21.3. The van der Waals surface area contributed by atoms with Crippen molar-refractivity contribution in [3.63, 3.8) is 0 Å². The highest BCUT2D eigenvalue weighted by atomic mass is 35.5. The van der Waals surface area contributed by atoms with E-state index in [9.17, 15) is 4.79 Å². The highest BCUT2D eigenvalue weighted by molar-refractivity contribution is 6.39. The molecule has 3 rings (SSSR count). The SMILES string of the molecule is O=C(CN1CCNCC12CCCCC2)Nc1c(Cl)cccc1Cl. The van der Waals surface area contributed by atoms with Gasteiger partial charge in [0.1, 0.15) is 0 Å². The van der Waals surface area contributed by atoms with Crippen LogP contribution < -0.4 is 10.6 Å². The van der Waals surface area contributed by atoms with Gasteiger partial charge in [0.15, 0.2) is 0 Å². The van der Waals surface area contributed by atoms with Crippen LogP contribution in [0.1, 0.15) is 32.1 Å². The molecule has 1 aromatic rings. The number of nitrogens with one attached hydrogen (secondary N) is 2. The van der Waals surface area contributed by atoms with Crippen molar-refractivity contribution < 1.29 is 4.79 Å². The van der Waals surface area contributed by atoms with Crippen LogP contribution in [0.5, 0.6) is 0 Å². The molecule has 1 aromatic carbocycles. The highest BCUT2D eigenvalue weighted by Crippen LogP contribution is 2.35. The number of hydrogen-bond acceptors (Lipinski definition) is 3. The zero-order valence-electron chi connectivity index (χ0n) is 13.2. The predicted molar refractivity (Wildman–Crippen MR) is 95.4 cm³/mol. The molecule has 0 unspecified atom stereocenters. The van der Waals surface area contributed by atoms with E-state index >= 15 is 0 Å². The average Bonchev–Trinajstić information content (AvgIpc) is 2.54. The molecular weight excluding hydrogens is 333 g/mol. The molecule has 0 atom stereocenters. The van der Waals surface area contributed by atoms with Gasteiger partial charge in [0.2, 0.25) is 5.91 Å². The molecule has 126 valence electrons. The topological polar surface area (TPSA) is 44.4 Å². The lowest BCUT2D eigenvalue weighted by molar-refractivity contribution is -0.120. The van der Waals surface area contributed by atoms with Gasteiger partial charge >= 0.3 is 0 Å². The van der Waals surface area contributed by atoms with Crippen LogP contribution in [0, 0.1) is 0 Å². The maximum absolute atomic E-state index is 12.5. The second-order valence-corrected chi connectivity index (χ2v) is 7.34. The molecule has 1 saturated carbocycles. The summed E-state index contributed by atoms with van der Waals surface area (Å²) in [5, 5.41) is 7.33. The highest BCUT2D eigenvalue weighted by Gasteiger charge is 2.40. The Balaban J connectivity index is 1.68. The Hall–Kier alpha value is -0.810. The summed E-state index contributed by atoms with van der Waals surface area (Å²) in [6.07, 6.45) is 6.13. The Kier molecular flexibility index (Phi) is 5.47. The number of para-hydroxylation sites is 1. The van der Waals surface area contributed by atoms with Crippen LogP contribution in [0.4, 0.5) is 5.69 Å².